The number of rotatable bonds is 5. The molecule has 0 unspecified atom stereocenters. The third kappa shape index (κ3) is 3.06. The number of fused-ring (bicyclic) bond motifs is 1. The lowest BCUT2D eigenvalue weighted by atomic mass is 9.96. The molecule has 0 N–H and O–H groups in total. The van der Waals surface area contributed by atoms with E-state index in [1.165, 1.54) is 10.4 Å². The largest absolute Gasteiger partial charge is 0.493 e. The molecule has 134 valence electrons. The second-order valence-corrected chi connectivity index (χ2v) is 6.89. The Morgan fingerprint density at radius 3 is 2.44 bits per heavy atom. The van der Waals surface area contributed by atoms with Gasteiger partial charge in [0.1, 0.15) is 0 Å². The number of nitrogens with zero attached hydrogens (tertiary/aromatic N) is 1. The lowest BCUT2D eigenvalue weighted by molar-refractivity contribution is 0.0656. The van der Waals surface area contributed by atoms with E-state index in [2.05, 4.69) is 18.4 Å². The zero-order valence-corrected chi connectivity index (χ0v) is 15.8. The van der Waals surface area contributed by atoms with Gasteiger partial charge >= 0.3 is 0 Å². The number of amides is 1. The van der Waals surface area contributed by atoms with Crippen molar-refractivity contribution in [2.75, 3.05) is 27.9 Å². The van der Waals surface area contributed by atoms with E-state index in [1.54, 1.807) is 44.8 Å². The van der Waals surface area contributed by atoms with Gasteiger partial charge in [-0.15, -0.1) is 11.3 Å². The molecule has 0 bridgehead atoms. The highest BCUT2D eigenvalue weighted by Crippen LogP contribution is 2.40. The highest BCUT2D eigenvalue weighted by atomic mass is 32.1. The average molecular weight is 361 g/mol. The van der Waals surface area contributed by atoms with Crippen molar-refractivity contribution in [3.8, 4) is 17.2 Å². The maximum absolute atomic E-state index is 13.2. The summed E-state index contributed by atoms with van der Waals surface area (Å²) < 4.78 is 16.1. The molecule has 2 heterocycles. The van der Waals surface area contributed by atoms with E-state index < -0.39 is 0 Å². The normalized spacial score (nSPS) is 16.3. The quantitative estimate of drug-likeness (QED) is 0.810. The van der Waals surface area contributed by atoms with Crippen LogP contribution in [0.25, 0.3) is 0 Å². The molecule has 0 fully saturated rings. The summed E-state index contributed by atoms with van der Waals surface area (Å²) in [5.74, 6) is 1.47. The molecule has 1 aliphatic rings. The van der Waals surface area contributed by atoms with Crippen LogP contribution in [0.2, 0.25) is 0 Å². The lowest BCUT2D eigenvalue weighted by Gasteiger charge is -2.35. The summed E-state index contributed by atoms with van der Waals surface area (Å²) in [4.78, 5) is 16.6. The zero-order valence-electron chi connectivity index (χ0n) is 15.0. The summed E-state index contributed by atoms with van der Waals surface area (Å²) in [5, 5.41) is 2.11. The molecule has 1 aliphatic heterocycles. The van der Waals surface area contributed by atoms with Gasteiger partial charge in [-0.3, -0.25) is 4.79 Å². The van der Waals surface area contributed by atoms with E-state index in [9.17, 15) is 4.79 Å². The fourth-order valence-electron chi connectivity index (χ4n) is 3.45. The van der Waals surface area contributed by atoms with Gasteiger partial charge in [0.25, 0.3) is 5.91 Å². The Morgan fingerprint density at radius 2 is 1.88 bits per heavy atom. The Bertz CT molecular complexity index is 746. The molecule has 1 aromatic carbocycles. The first-order valence-corrected chi connectivity index (χ1v) is 9.19. The maximum Gasteiger partial charge on any atom is 0.254 e. The van der Waals surface area contributed by atoms with Gasteiger partial charge in [0, 0.05) is 17.0 Å². The number of hydrogen-bond acceptors (Lipinski definition) is 5. The lowest BCUT2D eigenvalue weighted by Crippen LogP contribution is -2.39. The van der Waals surface area contributed by atoms with E-state index in [-0.39, 0.29) is 11.9 Å². The first-order valence-electron chi connectivity index (χ1n) is 8.31. The smallest absolute Gasteiger partial charge is 0.254 e. The number of hydrogen-bond donors (Lipinski definition) is 0. The molecule has 1 aromatic heterocycles. The Morgan fingerprint density at radius 1 is 1.20 bits per heavy atom. The molecule has 0 spiro atoms. The third-order valence-corrected chi connectivity index (χ3v) is 5.65. The number of methoxy groups -OCH3 is 3. The van der Waals surface area contributed by atoms with Crippen molar-refractivity contribution in [3.63, 3.8) is 0 Å². The van der Waals surface area contributed by atoms with Gasteiger partial charge in [-0.1, -0.05) is 6.92 Å². The third-order valence-electron chi connectivity index (χ3n) is 4.65. The van der Waals surface area contributed by atoms with Crippen LogP contribution in [-0.4, -0.2) is 38.7 Å². The molecule has 0 aliphatic carbocycles. The van der Waals surface area contributed by atoms with Crippen LogP contribution in [0.4, 0.5) is 0 Å². The van der Waals surface area contributed by atoms with Crippen LogP contribution in [0.3, 0.4) is 0 Å². The van der Waals surface area contributed by atoms with Gasteiger partial charge in [-0.2, -0.15) is 0 Å². The summed E-state index contributed by atoms with van der Waals surface area (Å²) in [6, 6.07) is 5.70. The number of thiophene rings is 1. The zero-order chi connectivity index (χ0) is 18.0. The van der Waals surface area contributed by atoms with E-state index in [1.807, 2.05) is 4.90 Å². The topological polar surface area (TPSA) is 48.0 Å². The van der Waals surface area contributed by atoms with E-state index in [4.69, 9.17) is 14.2 Å². The van der Waals surface area contributed by atoms with Gasteiger partial charge in [-0.25, -0.2) is 0 Å². The van der Waals surface area contributed by atoms with Crippen LogP contribution in [0.1, 0.15) is 40.2 Å². The van der Waals surface area contributed by atoms with Crippen molar-refractivity contribution in [1.82, 2.24) is 4.90 Å². The minimum Gasteiger partial charge on any atom is -0.493 e. The van der Waals surface area contributed by atoms with Crippen molar-refractivity contribution in [1.29, 1.82) is 0 Å². The fraction of sp³-hybridized carbons (Fsp3) is 0.421. The van der Waals surface area contributed by atoms with Crippen molar-refractivity contribution in [2.45, 2.75) is 25.8 Å². The molecular formula is C19H23NO4S. The highest BCUT2D eigenvalue weighted by molar-refractivity contribution is 7.10. The molecule has 25 heavy (non-hydrogen) atoms. The molecule has 1 atom stereocenters. The van der Waals surface area contributed by atoms with Crippen molar-refractivity contribution >= 4 is 17.2 Å². The van der Waals surface area contributed by atoms with Crippen LogP contribution in [0, 0.1) is 0 Å². The van der Waals surface area contributed by atoms with Crippen molar-refractivity contribution < 1.29 is 19.0 Å². The minimum absolute atomic E-state index is 0.0112. The van der Waals surface area contributed by atoms with Gasteiger partial charge in [-0.05, 0) is 42.0 Å². The first kappa shape index (κ1) is 17.6. The van der Waals surface area contributed by atoms with Crippen LogP contribution in [-0.2, 0) is 6.42 Å². The molecule has 2 aromatic rings. The number of carbonyl (C=O) groups excluding carboxylic acids is 1. The number of benzene rings is 1. The number of carbonyl (C=O) groups is 1. The summed E-state index contributed by atoms with van der Waals surface area (Å²) in [6.07, 6.45) is 1.79. The molecule has 3 rings (SSSR count). The molecule has 5 nitrogen and oxygen atoms in total. The van der Waals surface area contributed by atoms with E-state index in [0.717, 1.165) is 19.4 Å². The highest BCUT2D eigenvalue weighted by Gasteiger charge is 2.31. The van der Waals surface area contributed by atoms with Crippen molar-refractivity contribution in [3.05, 3.63) is 39.6 Å². The monoisotopic (exact) mass is 361 g/mol. The number of ether oxygens (including phenoxy) is 3. The molecule has 0 saturated carbocycles. The Hall–Kier alpha value is -2.21. The predicted molar refractivity (Wildman–Crippen MR) is 98.2 cm³/mol. The van der Waals surface area contributed by atoms with Gasteiger partial charge in [0.05, 0.1) is 27.4 Å². The Labute approximate surface area is 152 Å². The second-order valence-electron chi connectivity index (χ2n) is 5.89. The van der Waals surface area contributed by atoms with Gasteiger partial charge in [0.15, 0.2) is 11.5 Å². The molecule has 6 heteroatoms. The molecule has 0 radical (unpaired) electrons. The fourth-order valence-corrected chi connectivity index (χ4v) is 4.38. The van der Waals surface area contributed by atoms with Crippen LogP contribution < -0.4 is 14.2 Å². The SMILES string of the molecule is CC[C@H]1c2ccsc2CCN1C(=O)c1cc(OC)c(OC)c(OC)c1. The van der Waals surface area contributed by atoms with Crippen molar-refractivity contribution in [2.24, 2.45) is 0 Å². The maximum atomic E-state index is 13.2. The van der Waals surface area contributed by atoms with E-state index in [0.29, 0.717) is 22.8 Å². The predicted octanol–water partition coefficient (Wildman–Crippen LogP) is 3.92. The summed E-state index contributed by atoms with van der Waals surface area (Å²) >= 11 is 1.78. The summed E-state index contributed by atoms with van der Waals surface area (Å²) in [7, 11) is 4.66. The Kier molecular flexibility index (Phi) is 5.18. The first-order chi connectivity index (χ1) is 12.1. The van der Waals surface area contributed by atoms with Gasteiger partial charge < -0.3 is 19.1 Å². The molecular weight excluding hydrogens is 338 g/mol. The van der Waals surface area contributed by atoms with Gasteiger partial charge in [0.2, 0.25) is 5.75 Å². The molecule has 0 saturated heterocycles. The van der Waals surface area contributed by atoms with Crippen LogP contribution in [0.5, 0.6) is 17.2 Å². The summed E-state index contributed by atoms with van der Waals surface area (Å²) in [6.45, 7) is 2.84. The summed E-state index contributed by atoms with van der Waals surface area (Å²) in [5.41, 5.74) is 1.83. The molecule has 1 amide bonds. The van der Waals surface area contributed by atoms with E-state index >= 15 is 0 Å². The van der Waals surface area contributed by atoms with Crippen LogP contribution in [0.15, 0.2) is 23.6 Å². The average Bonchev–Trinajstić information content (AvgIpc) is 3.13. The standard InChI is InChI=1S/C19H23NO4S/c1-5-14-13-7-9-25-17(13)6-8-20(14)19(21)12-10-15(22-2)18(24-4)16(11-12)23-3/h7,9-11,14H,5-6,8H2,1-4H3/t14-/m0/s1. The Balaban J connectivity index is 1.98. The van der Waals surface area contributed by atoms with Crippen LogP contribution >= 0.6 is 11.3 Å². The second kappa shape index (κ2) is 7.35. The minimum atomic E-state index is -0.0112.